The molecule has 0 spiro atoms. The Morgan fingerprint density at radius 3 is 2.85 bits per heavy atom. The predicted octanol–water partition coefficient (Wildman–Crippen LogP) is 0.901. The average Bonchev–Trinajstić information content (AvgIpc) is 2.04. The molecule has 1 heterocycles. The van der Waals surface area contributed by atoms with Crippen molar-refractivity contribution in [3.05, 3.63) is 0 Å². The van der Waals surface area contributed by atoms with Gasteiger partial charge in [-0.05, 0) is 25.2 Å². The summed E-state index contributed by atoms with van der Waals surface area (Å²) < 4.78 is 5.62. The van der Waals surface area contributed by atoms with Crippen molar-refractivity contribution < 1.29 is 9.84 Å². The van der Waals surface area contributed by atoms with Gasteiger partial charge in [0, 0.05) is 18.8 Å². The molecule has 1 aliphatic heterocycles. The monoisotopic (exact) mass is 187 g/mol. The first kappa shape index (κ1) is 11.0. The van der Waals surface area contributed by atoms with E-state index in [1.54, 1.807) is 0 Å². The predicted molar refractivity (Wildman–Crippen MR) is 52.4 cm³/mol. The molecule has 78 valence electrons. The minimum Gasteiger partial charge on any atom is -0.396 e. The largest absolute Gasteiger partial charge is 0.396 e. The highest BCUT2D eigenvalue weighted by Crippen LogP contribution is 2.28. The maximum absolute atomic E-state index is 8.89. The Balaban J connectivity index is 2.49. The molecule has 1 rings (SSSR count). The van der Waals surface area contributed by atoms with E-state index in [2.05, 4.69) is 13.8 Å². The summed E-state index contributed by atoms with van der Waals surface area (Å²) in [5.41, 5.74) is 5.97. The van der Waals surface area contributed by atoms with Gasteiger partial charge in [0.05, 0.1) is 6.10 Å². The zero-order valence-corrected chi connectivity index (χ0v) is 8.62. The zero-order chi connectivity index (χ0) is 9.90. The highest BCUT2D eigenvalue weighted by Gasteiger charge is 2.34. The molecule has 0 aromatic rings. The number of rotatable bonds is 3. The summed E-state index contributed by atoms with van der Waals surface area (Å²) in [6, 6.07) is 0. The molecule has 0 radical (unpaired) electrons. The number of ether oxygens (including phenoxy) is 1. The number of aliphatic hydroxyl groups excluding tert-OH is 1. The van der Waals surface area contributed by atoms with E-state index in [1.807, 2.05) is 0 Å². The van der Waals surface area contributed by atoms with Crippen molar-refractivity contribution in [3.63, 3.8) is 0 Å². The quantitative estimate of drug-likeness (QED) is 0.690. The third-order valence-electron chi connectivity index (χ3n) is 2.89. The summed E-state index contributed by atoms with van der Waals surface area (Å²) in [6.07, 6.45) is 2.71. The maximum atomic E-state index is 8.89. The van der Waals surface area contributed by atoms with Crippen LogP contribution >= 0.6 is 0 Å². The van der Waals surface area contributed by atoms with Crippen LogP contribution in [0.15, 0.2) is 0 Å². The van der Waals surface area contributed by atoms with Crippen LogP contribution < -0.4 is 5.73 Å². The van der Waals surface area contributed by atoms with Crippen molar-refractivity contribution in [3.8, 4) is 0 Å². The summed E-state index contributed by atoms with van der Waals surface area (Å²) in [6.45, 7) is 5.21. The summed E-state index contributed by atoms with van der Waals surface area (Å²) in [7, 11) is 0. The minimum atomic E-state index is -0.193. The first-order chi connectivity index (χ1) is 6.07. The summed E-state index contributed by atoms with van der Waals surface area (Å²) in [4.78, 5) is 0. The highest BCUT2D eigenvalue weighted by atomic mass is 16.5. The van der Waals surface area contributed by atoms with Crippen LogP contribution in [0, 0.1) is 5.92 Å². The Morgan fingerprint density at radius 1 is 1.62 bits per heavy atom. The Bertz CT molecular complexity index is 157. The fourth-order valence-electron chi connectivity index (χ4n) is 1.85. The van der Waals surface area contributed by atoms with E-state index < -0.39 is 0 Å². The van der Waals surface area contributed by atoms with Gasteiger partial charge in [-0.2, -0.15) is 0 Å². The van der Waals surface area contributed by atoms with Gasteiger partial charge in [-0.25, -0.2) is 0 Å². The van der Waals surface area contributed by atoms with E-state index in [0.29, 0.717) is 12.3 Å². The smallest absolute Gasteiger partial charge is 0.0615 e. The van der Waals surface area contributed by atoms with E-state index >= 15 is 0 Å². The zero-order valence-electron chi connectivity index (χ0n) is 8.62. The Morgan fingerprint density at radius 2 is 2.31 bits per heavy atom. The van der Waals surface area contributed by atoms with Gasteiger partial charge in [0.25, 0.3) is 0 Å². The molecule has 0 bridgehead atoms. The normalized spacial score (nSPS) is 35.3. The molecule has 3 heteroatoms. The standard InChI is InChI=1S/C10H21NO2/c1-8(2)9-7-10(11,3-5-12)4-6-13-9/h8-9,12H,3-7,11H2,1-2H3. The molecule has 0 aromatic carbocycles. The molecular formula is C10H21NO2. The molecule has 1 fully saturated rings. The lowest BCUT2D eigenvalue weighted by Gasteiger charge is -2.39. The molecule has 13 heavy (non-hydrogen) atoms. The van der Waals surface area contributed by atoms with Crippen molar-refractivity contribution in [2.45, 2.75) is 44.8 Å². The minimum absolute atomic E-state index is 0.182. The molecule has 3 N–H and O–H groups in total. The molecule has 1 saturated heterocycles. The lowest BCUT2D eigenvalue weighted by molar-refractivity contribution is -0.0466. The van der Waals surface area contributed by atoms with E-state index in [9.17, 15) is 0 Å². The second-order valence-electron chi connectivity index (χ2n) is 4.44. The molecule has 3 nitrogen and oxygen atoms in total. The average molecular weight is 187 g/mol. The molecular weight excluding hydrogens is 166 g/mol. The molecule has 2 unspecified atom stereocenters. The van der Waals surface area contributed by atoms with Crippen LogP contribution in [0.4, 0.5) is 0 Å². The number of hydrogen-bond acceptors (Lipinski definition) is 3. The molecule has 2 atom stereocenters. The van der Waals surface area contributed by atoms with Crippen LogP contribution in [0.2, 0.25) is 0 Å². The summed E-state index contributed by atoms with van der Waals surface area (Å²) in [5.74, 6) is 0.516. The van der Waals surface area contributed by atoms with Gasteiger partial charge in [-0.15, -0.1) is 0 Å². The molecule has 0 saturated carbocycles. The van der Waals surface area contributed by atoms with E-state index in [-0.39, 0.29) is 18.2 Å². The van der Waals surface area contributed by atoms with Crippen LogP contribution in [0.3, 0.4) is 0 Å². The topological polar surface area (TPSA) is 55.5 Å². The SMILES string of the molecule is CC(C)C1CC(N)(CCO)CCO1. The van der Waals surface area contributed by atoms with E-state index in [4.69, 9.17) is 15.6 Å². The van der Waals surface area contributed by atoms with Gasteiger partial charge in [0.1, 0.15) is 0 Å². The molecule has 0 aliphatic carbocycles. The van der Waals surface area contributed by atoms with Gasteiger partial charge < -0.3 is 15.6 Å². The molecule has 0 aromatic heterocycles. The van der Waals surface area contributed by atoms with Gasteiger partial charge in [-0.1, -0.05) is 13.8 Å². The van der Waals surface area contributed by atoms with Crippen LogP contribution in [-0.4, -0.2) is 30.0 Å². The fraction of sp³-hybridized carbons (Fsp3) is 1.00. The lowest BCUT2D eigenvalue weighted by atomic mass is 9.82. The number of aliphatic hydroxyl groups is 1. The highest BCUT2D eigenvalue weighted by molar-refractivity contribution is 4.90. The third-order valence-corrected chi connectivity index (χ3v) is 2.89. The van der Waals surface area contributed by atoms with Crippen molar-refractivity contribution in [1.29, 1.82) is 0 Å². The van der Waals surface area contributed by atoms with E-state index in [0.717, 1.165) is 19.4 Å². The maximum Gasteiger partial charge on any atom is 0.0615 e. The number of hydrogen-bond donors (Lipinski definition) is 2. The third kappa shape index (κ3) is 2.93. The van der Waals surface area contributed by atoms with Gasteiger partial charge >= 0.3 is 0 Å². The van der Waals surface area contributed by atoms with E-state index in [1.165, 1.54) is 0 Å². The van der Waals surface area contributed by atoms with Gasteiger partial charge in [0.15, 0.2) is 0 Å². The summed E-state index contributed by atoms with van der Waals surface area (Å²) in [5, 5.41) is 8.89. The first-order valence-electron chi connectivity index (χ1n) is 5.09. The van der Waals surface area contributed by atoms with Crippen LogP contribution in [0.1, 0.15) is 33.1 Å². The second kappa shape index (κ2) is 4.40. The van der Waals surface area contributed by atoms with Crippen LogP contribution in [0.5, 0.6) is 0 Å². The lowest BCUT2D eigenvalue weighted by Crippen LogP contribution is -2.50. The van der Waals surface area contributed by atoms with Crippen LogP contribution in [0.25, 0.3) is 0 Å². The van der Waals surface area contributed by atoms with Crippen molar-refractivity contribution >= 4 is 0 Å². The van der Waals surface area contributed by atoms with Gasteiger partial charge in [-0.3, -0.25) is 0 Å². The van der Waals surface area contributed by atoms with Crippen molar-refractivity contribution in [1.82, 2.24) is 0 Å². The Labute approximate surface area is 80.3 Å². The number of nitrogens with two attached hydrogens (primary N) is 1. The van der Waals surface area contributed by atoms with Crippen molar-refractivity contribution in [2.75, 3.05) is 13.2 Å². The van der Waals surface area contributed by atoms with Crippen molar-refractivity contribution in [2.24, 2.45) is 11.7 Å². The fourth-order valence-corrected chi connectivity index (χ4v) is 1.85. The molecule has 1 aliphatic rings. The molecule has 0 amide bonds. The Hall–Kier alpha value is -0.120. The van der Waals surface area contributed by atoms with Crippen LogP contribution in [-0.2, 0) is 4.74 Å². The second-order valence-corrected chi connectivity index (χ2v) is 4.44. The summed E-state index contributed by atoms with van der Waals surface area (Å²) >= 11 is 0. The first-order valence-corrected chi connectivity index (χ1v) is 5.09. The van der Waals surface area contributed by atoms with Gasteiger partial charge in [0.2, 0.25) is 0 Å². The Kier molecular flexibility index (Phi) is 3.71.